The van der Waals surface area contributed by atoms with Crippen molar-refractivity contribution in [3.05, 3.63) is 96.1 Å². The Morgan fingerprint density at radius 2 is 1.47 bits per heavy atom. The molecule has 4 aromatic carbocycles. The van der Waals surface area contributed by atoms with E-state index >= 15 is 0 Å². The second-order valence-electron chi connectivity index (χ2n) is 11.3. The zero-order valence-corrected chi connectivity index (χ0v) is 25.3. The van der Waals surface area contributed by atoms with E-state index in [9.17, 15) is 5.11 Å². The van der Waals surface area contributed by atoms with Gasteiger partial charge in [0.2, 0.25) is 0 Å². The van der Waals surface area contributed by atoms with Crippen LogP contribution in [0.3, 0.4) is 0 Å². The van der Waals surface area contributed by atoms with Crippen LogP contribution < -0.4 is 14.2 Å². The van der Waals surface area contributed by atoms with Gasteiger partial charge in [0.1, 0.15) is 29.6 Å². The third-order valence-corrected chi connectivity index (χ3v) is 8.57. The molecular weight excluding hydrogens is 536 g/mol. The molecule has 5 aromatic rings. The summed E-state index contributed by atoms with van der Waals surface area (Å²) in [5.41, 5.74) is 7.81. The SMILES string of the molecule is COc1ccc(-c2c(C)c3cc(-c4ccc(O)cc4)ccc3n2Cc2ccc(OCCN3CCCCC3)cc2)c(OC)c1. The summed E-state index contributed by atoms with van der Waals surface area (Å²) in [7, 11) is 3.37. The van der Waals surface area contributed by atoms with Crippen LogP contribution in [0.4, 0.5) is 0 Å². The minimum atomic E-state index is 0.263. The molecule has 0 unspecified atom stereocenters. The van der Waals surface area contributed by atoms with E-state index in [1.807, 2.05) is 24.3 Å². The lowest BCUT2D eigenvalue weighted by molar-refractivity contribution is 0.183. The zero-order valence-electron chi connectivity index (χ0n) is 25.3. The minimum Gasteiger partial charge on any atom is -0.508 e. The molecule has 1 aliphatic heterocycles. The van der Waals surface area contributed by atoms with E-state index < -0.39 is 0 Å². The summed E-state index contributed by atoms with van der Waals surface area (Å²) in [4.78, 5) is 2.50. The molecule has 1 fully saturated rings. The Morgan fingerprint density at radius 3 is 2.19 bits per heavy atom. The van der Waals surface area contributed by atoms with Crippen LogP contribution in [0, 0.1) is 6.92 Å². The number of piperidine rings is 1. The summed E-state index contributed by atoms with van der Waals surface area (Å²) in [6.45, 7) is 6.94. The number of ether oxygens (including phenoxy) is 3. The molecule has 0 saturated carbocycles. The molecule has 6 nitrogen and oxygen atoms in total. The molecule has 0 atom stereocenters. The first kappa shape index (κ1) is 28.7. The van der Waals surface area contributed by atoms with Crippen molar-refractivity contribution in [2.75, 3.05) is 40.5 Å². The van der Waals surface area contributed by atoms with Crippen molar-refractivity contribution in [1.82, 2.24) is 9.47 Å². The van der Waals surface area contributed by atoms with Crippen LogP contribution in [0.25, 0.3) is 33.3 Å². The maximum atomic E-state index is 9.79. The first-order valence-corrected chi connectivity index (χ1v) is 15.1. The number of methoxy groups -OCH3 is 2. The second kappa shape index (κ2) is 12.8. The maximum absolute atomic E-state index is 9.79. The fourth-order valence-electron chi connectivity index (χ4n) is 6.21. The fourth-order valence-corrected chi connectivity index (χ4v) is 6.21. The molecule has 222 valence electrons. The minimum absolute atomic E-state index is 0.263. The lowest BCUT2D eigenvalue weighted by Gasteiger charge is -2.26. The molecule has 1 N–H and O–H groups in total. The molecule has 0 bridgehead atoms. The molecule has 0 aliphatic carbocycles. The maximum Gasteiger partial charge on any atom is 0.131 e. The predicted octanol–water partition coefficient (Wildman–Crippen LogP) is 7.92. The summed E-state index contributed by atoms with van der Waals surface area (Å²) >= 11 is 0. The quantitative estimate of drug-likeness (QED) is 0.183. The number of rotatable bonds is 10. The van der Waals surface area contributed by atoms with Crippen LogP contribution in [-0.2, 0) is 6.54 Å². The molecule has 2 heterocycles. The van der Waals surface area contributed by atoms with E-state index in [1.54, 1.807) is 26.4 Å². The Labute approximate surface area is 254 Å². The third-order valence-electron chi connectivity index (χ3n) is 8.57. The largest absolute Gasteiger partial charge is 0.508 e. The smallest absolute Gasteiger partial charge is 0.131 e. The van der Waals surface area contributed by atoms with Crippen molar-refractivity contribution < 1.29 is 19.3 Å². The average molecular weight is 577 g/mol. The number of fused-ring (bicyclic) bond motifs is 1. The lowest BCUT2D eigenvalue weighted by atomic mass is 10.0. The lowest BCUT2D eigenvalue weighted by Crippen LogP contribution is -2.33. The first-order chi connectivity index (χ1) is 21.0. The number of hydrogen-bond acceptors (Lipinski definition) is 5. The van der Waals surface area contributed by atoms with Gasteiger partial charge in [-0.1, -0.05) is 36.8 Å². The molecule has 0 amide bonds. The van der Waals surface area contributed by atoms with Crippen molar-refractivity contribution >= 4 is 10.9 Å². The van der Waals surface area contributed by atoms with E-state index in [4.69, 9.17) is 14.2 Å². The number of phenolic OH excluding ortho intramolecular Hbond substituents is 1. The van der Waals surface area contributed by atoms with Gasteiger partial charge in [-0.05, 0) is 104 Å². The summed E-state index contributed by atoms with van der Waals surface area (Å²) in [6, 6.07) is 28.4. The molecule has 1 saturated heterocycles. The van der Waals surface area contributed by atoms with Crippen molar-refractivity contribution in [2.24, 2.45) is 0 Å². The van der Waals surface area contributed by atoms with Gasteiger partial charge in [0.05, 0.1) is 19.9 Å². The molecule has 6 rings (SSSR count). The van der Waals surface area contributed by atoms with E-state index in [1.165, 1.54) is 48.9 Å². The number of hydrogen-bond donors (Lipinski definition) is 1. The highest BCUT2D eigenvalue weighted by Gasteiger charge is 2.20. The van der Waals surface area contributed by atoms with E-state index in [-0.39, 0.29) is 5.75 Å². The van der Waals surface area contributed by atoms with Gasteiger partial charge in [-0.3, -0.25) is 4.90 Å². The summed E-state index contributed by atoms with van der Waals surface area (Å²) in [6.07, 6.45) is 3.94. The second-order valence-corrected chi connectivity index (χ2v) is 11.3. The highest BCUT2D eigenvalue weighted by molar-refractivity contribution is 5.95. The van der Waals surface area contributed by atoms with Gasteiger partial charge in [0.15, 0.2) is 0 Å². The van der Waals surface area contributed by atoms with Gasteiger partial charge < -0.3 is 23.9 Å². The van der Waals surface area contributed by atoms with Crippen molar-refractivity contribution in [1.29, 1.82) is 0 Å². The molecule has 1 aliphatic rings. The molecule has 0 spiro atoms. The molecule has 1 aromatic heterocycles. The van der Waals surface area contributed by atoms with Crippen LogP contribution in [0.1, 0.15) is 30.4 Å². The number of benzene rings is 4. The van der Waals surface area contributed by atoms with E-state index in [2.05, 4.69) is 64.9 Å². The van der Waals surface area contributed by atoms with Gasteiger partial charge in [-0.25, -0.2) is 0 Å². The van der Waals surface area contributed by atoms with Gasteiger partial charge in [-0.15, -0.1) is 0 Å². The van der Waals surface area contributed by atoms with E-state index in [0.717, 1.165) is 51.7 Å². The van der Waals surface area contributed by atoms with Crippen LogP contribution >= 0.6 is 0 Å². The normalized spacial score (nSPS) is 13.7. The highest BCUT2D eigenvalue weighted by Crippen LogP contribution is 2.41. The van der Waals surface area contributed by atoms with Crippen LogP contribution in [0.2, 0.25) is 0 Å². The highest BCUT2D eigenvalue weighted by atomic mass is 16.5. The van der Waals surface area contributed by atoms with E-state index in [0.29, 0.717) is 13.2 Å². The first-order valence-electron chi connectivity index (χ1n) is 15.1. The van der Waals surface area contributed by atoms with Gasteiger partial charge in [0.25, 0.3) is 0 Å². The zero-order chi connectivity index (χ0) is 29.8. The number of aromatic nitrogens is 1. The Balaban J connectivity index is 1.34. The number of nitrogens with zero attached hydrogens (tertiary/aromatic N) is 2. The molecular formula is C37H40N2O4. The number of likely N-dealkylation sites (tertiary alicyclic amines) is 1. The standard InChI is InChI=1S/C37H40N2O4/c1-26-34-23-29(28-9-12-30(40)13-10-28)11-18-35(34)39(37(26)33-17-16-32(41-2)24-36(33)42-3)25-27-7-14-31(15-8-27)43-22-21-38-19-5-4-6-20-38/h7-18,23-24,40H,4-6,19-22,25H2,1-3H3. The van der Waals surface area contributed by atoms with Crippen LogP contribution in [-0.4, -0.2) is 55.0 Å². The molecule has 0 radical (unpaired) electrons. The monoisotopic (exact) mass is 576 g/mol. The number of aromatic hydroxyl groups is 1. The van der Waals surface area contributed by atoms with Crippen molar-refractivity contribution in [3.63, 3.8) is 0 Å². The Hall–Kier alpha value is -4.42. The van der Waals surface area contributed by atoms with Gasteiger partial charge in [0, 0.05) is 35.6 Å². The predicted molar refractivity (Wildman–Crippen MR) is 174 cm³/mol. The van der Waals surface area contributed by atoms with Gasteiger partial charge in [-0.2, -0.15) is 0 Å². The molecule has 6 heteroatoms. The van der Waals surface area contributed by atoms with Crippen LogP contribution in [0.5, 0.6) is 23.0 Å². The Morgan fingerprint density at radius 1 is 0.744 bits per heavy atom. The van der Waals surface area contributed by atoms with Crippen molar-refractivity contribution in [2.45, 2.75) is 32.7 Å². The molecule has 43 heavy (non-hydrogen) atoms. The average Bonchev–Trinajstić information content (AvgIpc) is 3.32. The number of aryl methyl sites for hydroxylation is 1. The number of phenols is 1. The summed E-state index contributed by atoms with van der Waals surface area (Å²) < 4.78 is 19.8. The van der Waals surface area contributed by atoms with Crippen molar-refractivity contribution in [3.8, 4) is 45.4 Å². The topological polar surface area (TPSA) is 56.1 Å². The van der Waals surface area contributed by atoms with Gasteiger partial charge >= 0.3 is 0 Å². The third kappa shape index (κ3) is 6.20. The Bertz CT molecular complexity index is 1680. The van der Waals surface area contributed by atoms with Crippen LogP contribution in [0.15, 0.2) is 84.9 Å². The summed E-state index contributed by atoms with van der Waals surface area (Å²) in [5, 5.41) is 11.0. The Kier molecular flexibility index (Phi) is 8.57. The fraction of sp³-hybridized carbons (Fsp3) is 0.297. The summed E-state index contributed by atoms with van der Waals surface area (Å²) in [5.74, 6) is 2.69.